The van der Waals surface area contributed by atoms with Crippen molar-refractivity contribution in [1.82, 2.24) is 35.0 Å². The zero-order valence-electron chi connectivity index (χ0n) is 39.3. The Kier molecular flexibility index (Phi) is 35.8. The molecule has 1 fully saturated rings. The molecule has 7 rings (SSSR count). The minimum atomic E-state index is -4.42. The Morgan fingerprint density at radius 1 is 0.630 bits per heavy atom. The van der Waals surface area contributed by atoms with E-state index in [9.17, 15) is 44.2 Å². The Bertz CT molecular complexity index is 2920. The maximum Gasteiger partial charge on any atom is 1.00 e. The van der Waals surface area contributed by atoms with E-state index in [1.807, 2.05) is 43.3 Å². The quantitative estimate of drug-likeness (QED) is 0.0564. The summed E-state index contributed by atoms with van der Waals surface area (Å²) in [4.78, 5) is 62.0. The van der Waals surface area contributed by atoms with E-state index in [4.69, 9.17) is 26.6 Å². The molecule has 6 aromatic rings. The molecule has 382 valence electrons. The van der Waals surface area contributed by atoms with Crippen LogP contribution in [-0.4, -0.2) is 104 Å². The number of imide groups is 1. The van der Waals surface area contributed by atoms with Crippen LogP contribution in [0.4, 0.5) is 0 Å². The molecule has 30 heteroatoms. The molecule has 1 aliphatic rings. The van der Waals surface area contributed by atoms with Crippen molar-refractivity contribution >= 4 is 58.7 Å². The molecular weight excluding hydrogens is 1150 g/mol. The molecule has 73 heavy (non-hydrogen) atoms. The molecule has 0 aliphatic carbocycles. The van der Waals surface area contributed by atoms with Gasteiger partial charge in [-0.15, -0.1) is 29.8 Å². The van der Waals surface area contributed by atoms with Crippen LogP contribution in [0.5, 0.6) is 0 Å². The molecule has 7 heterocycles. The second-order valence-electron chi connectivity index (χ2n) is 13.9. The number of hydrogen-bond donors (Lipinski definition) is 2. The Labute approximate surface area is 481 Å². The molecule has 1 aliphatic heterocycles. The average Bonchev–Trinajstić information content (AvgIpc) is 3.59. The van der Waals surface area contributed by atoms with Crippen LogP contribution in [0.25, 0.3) is 11.4 Å². The van der Waals surface area contributed by atoms with Gasteiger partial charge >= 0.3 is 75.7 Å². The van der Waals surface area contributed by atoms with Gasteiger partial charge in [0.1, 0.15) is 11.5 Å². The SMILES string of the molecule is Cc1ccncc1.O=C(CCCc1ccncc1)ON1C(=O)CCC1=O.O=S(=O)(O)Cc1ccncc1.O=S(=O)([O-])Cc1ccnc(-c2cc(CS(=O)(=O)O)ccn2)c1.O=S(=O)=O.[CH2-]c1ccncc1.[Na+].[Na+].[Ru]. The monoisotopic (exact) mass is 1190 g/mol. The number of hydroxylamine groups is 2. The molecular formula is C43H45N7Na2O16RuS4. The Morgan fingerprint density at radius 2 is 0.986 bits per heavy atom. The number of pyridine rings is 6. The first-order valence-corrected chi connectivity index (χ1v) is 25.6. The van der Waals surface area contributed by atoms with Gasteiger partial charge in [-0.25, -0.2) is 13.2 Å². The maximum atomic E-state index is 11.5. The molecule has 2 N–H and O–H groups in total. The number of nitrogens with zero attached hydrogens (tertiary/aromatic N) is 7. The fourth-order valence-corrected chi connectivity index (χ4v) is 6.92. The molecule has 6 aromatic heterocycles. The van der Waals surface area contributed by atoms with Crippen LogP contribution in [0.15, 0.2) is 135 Å². The first kappa shape index (κ1) is 70.4. The number of aromatic nitrogens is 6. The normalized spacial score (nSPS) is 11.3. The second kappa shape index (κ2) is 37.1. The fraction of sp³-hybridized carbons (Fsp3) is 0.209. The minimum absolute atomic E-state index is 0. The van der Waals surface area contributed by atoms with Gasteiger partial charge in [-0.05, 0) is 121 Å². The first-order valence-electron chi connectivity index (χ1n) is 19.8. The molecule has 0 atom stereocenters. The fourth-order valence-electron chi connectivity index (χ4n) is 5.11. The third-order valence-corrected chi connectivity index (χ3v) is 10.2. The van der Waals surface area contributed by atoms with Gasteiger partial charge in [0.05, 0.1) is 27.3 Å². The van der Waals surface area contributed by atoms with E-state index in [2.05, 4.69) is 36.8 Å². The summed E-state index contributed by atoms with van der Waals surface area (Å²) in [6, 6.07) is 20.1. The van der Waals surface area contributed by atoms with Gasteiger partial charge < -0.3 is 9.39 Å². The van der Waals surface area contributed by atoms with Gasteiger partial charge in [0, 0.05) is 88.3 Å². The molecule has 23 nitrogen and oxygen atoms in total. The van der Waals surface area contributed by atoms with E-state index < -0.39 is 70.3 Å². The summed E-state index contributed by atoms with van der Waals surface area (Å²) in [5, 5.41) is 0.578. The molecule has 0 aromatic carbocycles. The van der Waals surface area contributed by atoms with Gasteiger partial charge in [0.2, 0.25) is 0 Å². The van der Waals surface area contributed by atoms with E-state index in [0.717, 1.165) is 17.5 Å². The predicted molar refractivity (Wildman–Crippen MR) is 247 cm³/mol. The summed E-state index contributed by atoms with van der Waals surface area (Å²) >= 11 is 0. The third kappa shape index (κ3) is 36.0. The van der Waals surface area contributed by atoms with E-state index in [-0.39, 0.29) is 109 Å². The largest absolute Gasteiger partial charge is 1.00 e. The maximum absolute atomic E-state index is 11.5. The number of hydrogen-bond acceptors (Lipinski definition) is 20. The number of aryl methyl sites for hydroxylation is 2. The molecule has 0 radical (unpaired) electrons. The van der Waals surface area contributed by atoms with Crippen molar-refractivity contribution in [2.24, 2.45) is 0 Å². The van der Waals surface area contributed by atoms with Crippen molar-refractivity contribution in [2.45, 2.75) is 56.3 Å². The van der Waals surface area contributed by atoms with E-state index in [1.54, 1.807) is 37.2 Å². The van der Waals surface area contributed by atoms with Crippen molar-refractivity contribution in [3.8, 4) is 11.4 Å². The van der Waals surface area contributed by atoms with Gasteiger partial charge in [0.15, 0.2) is 0 Å². The summed E-state index contributed by atoms with van der Waals surface area (Å²) < 4.78 is 117. The zero-order valence-corrected chi connectivity index (χ0v) is 48.3. The second-order valence-corrected chi connectivity index (χ2v) is 18.7. The van der Waals surface area contributed by atoms with E-state index >= 15 is 0 Å². The first-order chi connectivity index (χ1) is 32.9. The standard InChI is InChI=1S/C13H14N2O4.C12H12N2O6S2.C6H7NO3S.C6H7N.C6H6N.2Na.O3S.Ru/c16-11-4-5-12(17)15(11)19-13(18)3-1-2-10-6-8-14-9-7-10;15-21(16,17)7-9-1-3-13-11(5-9)12-6-10(2-4-14-12)8-22(18,19)20;8-11(9,10)5-6-1-3-7-4-2-6;2*1-6-2-4-7-5-3-6;;;1-4(2)3;/h6-9H,1-5H2;1-6H,7-8H2,(H,15,16,17)(H,18,19,20);1-4H,5H2,(H,8,9,10);2-5H,1H3;2-5H,1H2;;;;/q;;;;-1;2*+1;;/p-1. The number of rotatable bonds is 12. The Morgan fingerprint density at radius 3 is 1.34 bits per heavy atom. The molecule has 0 bridgehead atoms. The van der Waals surface area contributed by atoms with Gasteiger partial charge in [-0.1, -0.05) is 0 Å². The number of carbonyl (C=O) groups excluding carboxylic acids is 3. The zero-order chi connectivity index (χ0) is 52.2. The van der Waals surface area contributed by atoms with Crippen LogP contribution in [0.1, 0.15) is 59.1 Å². The van der Waals surface area contributed by atoms with Crippen LogP contribution in [-0.2, 0) is 103 Å². The van der Waals surface area contributed by atoms with E-state index in [0.29, 0.717) is 34.0 Å². The van der Waals surface area contributed by atoms with Crippen LogP contribution >= 0.6 is 0 Å². The average molecular weight is 1190 g/mol. The summed E-state index contributed by atoms with van der Waals surface area (Å²) in [5.41, 5.74) is 5.02. The molecule has 2 amide bonds. The third-order valence-electron chi connectivity index (χ3n) is 8.09. The van der Waals surface area contributed by atoms with Gasteiger partial charge in [-0.3, -0.25) is 48.6 Å². The van der Waals surface area contributed by atoms with Crippen molar-refractivity contribution in [1.29, 1.82) is 0 Å². The molecule has 1 saturated heterocycles. The van der Waals surface area contributed by atoms with Gasteiger partial charge in [0.25, 0.3) is 32.1 Å². The van der Waals surface area contributed by atoms with Crippen LogP contribution in [0.3, 0.4) is 0 Å². The smallest absolute Gasteiger partial charge is 0.748 e. The summed E-state index contributed by atoms with van der Waals surface area (Å²) in [5.74, 6) is -3.06. The summed E-state index contributed by atoms with van der Waals surface area (Å²) in [6.45, 7) is 5.72. The van der Waals surface area contributed by atoms with Crippen molar-refractivity contribution < 1.29 is 149 Å². The Hall–Kier alpha value is -4.65. The summed E-state index contributed by atoms with van der Waals surface area (Å²) in [7, 11) is -15.6. The number of carbonyl (C=O) groups is 3. The molecule has 0 spiro atoms. The molecule has 0 saturated carbocycles. The van der Waals surface area contributed by atoms with Crippen molar-refractivity contribution in [3.05, 3.63) is 175 Å². The summed E-state index contributed by atoms with van der Waals surface area (Å²) in [6.07, 6.45) is 17.7. The van der Waals surface area contributed by atoms with Crippen LogP contribution in [0, 0.1) is 13.8 Å². The van der Waals surface area contributed by atoms with Crippen LogP contribution < -0.4 is 59.1 Å². The van der Waals surface area contributed by atoms with Crippen molar-refractivity contribution in [2.75, 3.05) is 0 Å². The van der Waals surface area contributed by atoms with Crippen LogP contribution in [0.2, 0.25) is 0 Å². The number of amides is 2. The Balaban J connectivity index is 0. The predicted octanol–water partition coefficient (Wildman–Crippen LogP) is -2.29. The topological polar surface area (TPSA) is 358 Å². The minimum Gasteiger partial charge on any atom is -0.748 e. The van der Waals surface area contributed by atoms with Crippen molar-refractivity contribution in [3.63, 3.8) is 0 Å². The van der Waals surface area contributed by atoms with E-state index in [1.165, 1.54) is 66.7 Å². The van der Waals surface area contributed by atoms with Gasteiger partial charge in [-0.2, -0.15) is 29.3 Å². The molecule has 0 unspecified atom stereocenters.